The Morgan fingerprint density at radius 3 is 2.12 bits per heavy atom. The standard InChI is InChI=1S/C25H24N2O6/c1-2-32-22-15-18(13-14-21(22)33-17-23(28)29)16-26-27-24(30)25(31,19-9-5-3-6-10-19)20-11-7-4-8-12-20/h3-16,31H,2,17H2,1H3,(H,27,30)(H,28,29)/p-1/b26-16-. The predicted molar refractivity (Wildman–Crippen MR) is 120 cm³/mol. The van der Waals surface area contributed by atoms with Gasteiger partial charge >= 0.3 is 0 Å². The number of ether oxygens (including phenoxy) is 2. The number of amides is 1. The Morgan fingerprint density at radius 1 is 0.970 bits per heavy atom. The third-order valence-corrected chi connectivity index (χ3v) is 4.70. The van der Waals surface area contributed by atoms with Crippen molar-refractivity contribution in [2.45, 2.75) is 12.5 Å². The van der Waals surface area contributed by atoms with E-state index in [2.05, 4.69) is 10.5 Å². The van der Waals surface area contributed by atoms with E-state index in [0.717, 1.165) is 0 Å². The van der Waals surface area contributed by atoms with E-state index in [1.165, 1.54) is 12.3 Å². The van der Waals surface area contributed by atoms with Gasteiger partial charge in [0.15, 0.2) is 17.1 Å². The van der Waals surface area contributed by atoms with Crippen molar-refractivity contribution < 1.29 is 29.3 Å². The number of aliphatic carboxylic acids is 1. The molecule has 3 aromatic carbocycles. The second kappa shape index (κ2) is 10.9. The van der Waals surface area contributed by atoms with E-state index >= 15 is 0 Å². The summed E-state index contributed by atoms with van der Waals surface area (Å²) in [4.78, 5) is 23.7. The first-order valence-corrected chi connectivity index (χ1v) is 10.2. The average Bonchev–Trinajstić information content (AvgIpc) is 2.84. The summed E-state index contributed by atoms with van der Waals surface area (Å²) >= 11 is 0. The summed E-state index contributed by atoms with van der Waals surface area (Å²) in [5.41, 5.74) is 1.81. The van der Waals surface area contributed by atoms with Crippen LogP contribution in [0.3, 0.4) is 0 Å². The maximum atomic E-state index is 13.0. The molecule has 0 unspecified atom stereocenters. The molecular formula is C25H23N2O6-. The molecule has 0 fully saturated rings. The van der Waals surface area contributed by atoms with Gasteiger partial charge in [0.2, 0.25) is 0 Å². The van der Waals surface area contributed by atoms with Gasteiger partial charge in [-0.2, -0.15) is 5.10 Å². The van der Waals surface area contributed by atoms with Crippen LogP contribution in [0.1, 0.15) is 23.6 Å². The van der Waals surface area contributed by atoms with Crippen LogP contribution in [0, 0.1) is 0 Å². The second-order valence-corrected chi connectivity index (χ2v) is 6.94. The van der Waals surface area contributed by atoms with Crippen molar-refractivity contribution in [3.8, 4) is 11.5 Å². The highest BCUT2D eigenvalue weighted by atomic mass is 16.5. The minimum Gasteiger partial charge on any atom is -0.546 e. The van der Waals surface area contributed by atoms with Gasteiger partial charge < -0.3 is 24.5 Å². The Morgan fingerprint density at radius 2 is 1.58 bits per heavy atom. The van der Waals surface area contributed by atoms with Crippen molar-refractivity contribution >= 4 is 18.1 Å². The van der Waals surface area contributed by atoms with Crippen molar-refractivity contribution in [2.75, 3.05) is 13.2 Å². The van der Waals surface area contributed by atoms with Crippen molar-refractivity contribution in [1.82, 2.24) is 5.43 Å². The molecule has 0 saturated carbocycles. The van der Waals surface area contributed by atoms with Crippen LogP contribution in [0.5, 0.6) is 11.5 Å². The number of aliphatic hydroxyl groups is 1. The fourth-order valence-electron chi connectivity index (χ4n) is 3.16. The van der Waals surface area contributed by atoms with E-state index in [4.69, 9.17) is 9.47 Å². The highest BCUT2D eigenvalue weighted by molar-refractivity contribution is 5.91. The lowest BCUT2D eigenvalue weighted by atomic mass is 9.85. The molecule has 33 heavy (non-hydrogen) atoms. The second-order valence-electron chi connectivity index (χ2n) is 6.94. The highest BCUT2D eigenvalue weighted by Gasteiger charge is 2.39. The number of nitrogens with zero attached hydrogens (tertiary/aromatic N) is 1. The summed E-state index contributed by atoms with van der Waals surface area (Å²) < 4.78 is 10.6. The number of carbonyl (C=O) groups excluding carboxylic acids is 2. The van der Waals surface area contributed by atoms with E-state index in [1.807, 2.05) is 0 Å². The van der Waals surface area contributed by atoms with Crippen molar-refractivity contribution in [2.24, 2.45) is 5.10 Å². The van der Waals surface area contributed by atoms with Gasteiger partial charge in [0.25, 0.3) is 5.91 Å². The first-order valence-electron chi connectivity index (χ1n) is 10.2. The Kier molecular flexibility index (Phi) is 7.77. The van der Waals surface area contributed by atoms with Crippen molar-refractivity contribution in [3.63, 3.8) is 0 Å². The van der Waals surface area contributed by atoms with Crippen LogP contribution in [-0.4, -0.2) is 36.4 Å². The number of hydrogen-bond donors (Lipinski definition) is 2. The lowest BCUT2D eigenvalue weighted by molar-refractivity contribution is -0.307. The van der Waals surface area contributed by atoms with Gasteiger partial charge in [-0.05, 0) is 41.8 Å². The molecule has 3 aromatic rings. The summed E-state index contributed by atoms with van der Waals surface area (Å²) in [6.07, 6.45) is 1.37. The van der Waals surface area contributed by atoms with Gasteiger partial charge in [-0.1, -0.05) is 60.7 Å². The molecule has 2 N–H and O–H groups in total. The molecule has 0 aliphatic rings. The molecule has 0 heterocycles. The number of carboxylic acids is 1. The molecule has 0 spiro atoms. The Bertz CT molecular complexity index is 1080. The molecule has 0 aliphatic carbocycles. The Labute approximate surface area is 191 Å². The van der Waals surface area contributed by atoms with Crippen LogP contribution in [0.25, 0.3) is 0 Å². The summed E-state index contributed by atoms with van der Waals surface area (Å²) in [6.45, 7) is 1.50. The van der Waals surface area contributed by atoms with Gasteiger partial charge in [-0.15, -0.1) is 0 Å². The van der Waals surface area contributed by atoms with Crippen LogP contribution in [0.4, 0.5) is 0 Å². The monoisotopic (exact) mass is 447 g/mol. The third-order valence-electron chi connectivity index (χ3n) is 4.70. The predicted octanol–water partition coefficient (Wildman–Crippen LogP) is 1.60. The van der Waals surface area contributed by atoms with Gasteiger partial charge in [0.1, 0.15) is 6.61 Å². The normalized spacial score (nSPS) is 11.2. The van der Waals surface area contributed by atoms with Crippen LogP contribution in [0.15, 0.2) is 84.0 Å². The van der Waals surface area contributed by atoms with E-state index in [1.54, 1.807) is 79.7 Å². The van der Waals surface area contributed by atoms with Crippen molar-refractivity contribution in [1.29, 1.82) is 0 Å². The number of carboxylic acid groups (broad SMARTS) is 1. The molecule has 8 nitrogen and oxygen atoms in total. The van der Waals surface area contributed by atoms with Gasteiger partial charge in [-0.3, -0.25) is 4.79 Å². The molecule has 0 aromatic heterocycles. The summed E-state index contributed by atoms with van der Waals surface area (Å²) in [7, 11) is 0. The molecule has 170 valence electrons. The Hall–Kier alpha value is -4.17. The molecule has 0 aliphatic heterocycles. The average molecular weight is 447 g/mol. The van der Waals surface area contributed by atoms with Crippen molar-refractivity contribution in [3.05, 3.63) is 95.6 Å². The fraction of sp³-hybridized carbons (Fsp3) is 0.160. The smallest absolute Gasteiger partial charge is 0.281 e. The van der Waals surface area contributed by atoms with Gasteiger partial charge in [0.05, 0.1) is 18.8 Å². The zero-order chi connectivity index (χ0) is 23.7. The highest BCUT2D eigenvalue weighted by Crippen LogP contribution is 2.30. The van der Waals surface area contributed by atoms with E-state index in [9.17, 15) is 19.8 Å². The van der Waals surface area contributed by atoms with E-state index < -0.39 is 24.1 Å². The number of benzene rings is 3. The fourth-order valence-corrected chi connectivity index (χ4v) is 3.16. The van der Waals surface area contributed by atoms with Crippen LogP contribution in [0.2, 0.25) is 0 Å². The van der Waals surface area contributed by atoms with Gasteiger partial charge in [0, 0.05) is 0 Å². The molecule has 0 atom stereocenters. The topological polar surface area (TPSA) is 120 Å². The quantitative estimate of drug-likeness (QED) is 0.360. The maximum Gasteiger partial charge on any atom is 0.281 e. The molecular weight excluding hydrogens is 424 g/mol. The number of carbonyl (C=O) groups is 2. The molecule has 0 radical (unpaired) electrons. The minimum absolute atomic E-state index is 0.241. The summed E-state index contributed by atoms with van der Waals surface area (Å²) in [5, 5.41) is 26.0. The van der Waals surface area contributed by atoms with Crippen LogP contribution in [-0.2, 0) is 15.2 Å². The SMILES string of the molecule is CCOc1cc(/C=N\NC(=O)C(O)(c2ccccc2)c2ccccc2)ccc1OCC(=O)[O-]. The first kappa shape index (κ1) is 23.5. The number of nitrogens with one attached hydrogen (secondary N) is 1. The third kappa shape index (κ3) is 5.75. The van der Waals surface area contributed by atoms with Crippen LogP contribution < -0.4 is 20.0 Å². The van der Waals surface area contributed by atoms with Gasteiger partial charge in [-0.25, -0.2) is 5.43 Å². The van der Waals surface area contributed by atoms with E-state index in [0.29, 0.717) is 29.0 Å². The molecule has 1 amide bonds. The minimum atomic E-state index is -1.95. The Balaban J connectivity index is 1.81. The van der Waals surface area contributed by atoms with Crippen LogP contribution >= 0.6 is 0 Å². The number of hydrogen-bond acceptors (Lipinski definition) is 7. The molecule has 0 saturated heterocycles. The zero-order valence-electron chi connectivity index (χ0n) is 17.9. The summed E-state index contributed by atoms with van der Waals surface area (Å²) in [5.74, 6) is -1.52. The molecule has 0 bridgehead atoms. The number of rotatable bonds is 10. The van der Waals surface area contributed by atoms with E-state index in [-0.39, 0.29) is 5.75 Å². The summed E-state index contributed by atoms with van der Waals surface area (Å²) in [6, 6.07) is 21.9. The first-order chi connectivity index (χ1) is 15.9. The lowest BCUT2D eigenvalue weighted by Gasteiger charge is -2.27. The molecule has 8 heteroatoms. The molecule has 3 rings (SSSR count). The lowest BCUT2D eigenvalue weighted by Crippen LogP contribution is -2.43. The zero-order valence-corrected chi connectivity index (χ0v) is 17.9. The maximum absolute atomic E-state index is 13.0. The number of hydrazone groups is 1. The largest absolute Gasteiger partial charge is 0.546 e.